The number of fused-ring (bicyclic) bond motifs is 2. The summed E-state index contributed by atoms with van der Waals surface area (Å²) in [6.07, 6.45) is 7.28. The molecule has 1 aliphatic carbocycles. The van der Waals surface area contributed by atoms with Gasteiger partial charge in [-0.25, -0.2) is 14.8 Å². The van der Waals surface area contributed by atoms with Gasteiger partial charge in [0.1, 0.15) is 11.4 Å². The molecule has 1 amide bonds. The zero-order chi connectivity index (χ0) is 29.6. The number of rotatable bonds is 8. The molecule has 0 atom stereocenters. The average molecular weight is 566 g/mol. The Bertz CT molecular complexity index is 1780. The van der Waals surface area contributed by atoms with Crippen molar-refractivity contribution in [3.8, 4) is 11.4 Å². The van der Waals surface area contributed by atoms with Crippen molar-refractivity contribution in [1.82, 2.24) is 24.0 Å². The Morgan fingerprint density at radius 2 is 1.81 bits per heavy atom. The minimum absolute atomic E-state index is 0.00804. The number of carbonyl (C=O) groups excluding carboxylic acids is 2. The number of aromatic nitrogens is 5. The number of pyridine rings is 1. The van der Waals surface area contributed by atoms with Crippen molar-refractivity contribution in [3.05, 3.63) is 78.2 Å². The van der Waals surface area contributed by atoms with Gasteiger partial charge in [0.2, 0.25) is 0 Å². The smallest absolute Gasteiger partial charge is 0.415 e. The first-order valence-corrected chi connectivity index (χ1v) is 14.2. The van der Waals surface area contributed by atoms with Crippen LogP contribution in [0, 0.1) is 5.92 Å². The van der Waals surface area contributed by atoms with Crippen molar-refractivity contribution in [2.24, 2.45) is 5.92 Å². The summed E-state index contributed by atoms with van der Waals surface area (Å²) in [5.74, 6) is 0.868. The number of imidazole rings is 1. The topological polar surface area (TPSA) is 97.3 Å². The van der Waals surface area contributed by atoms with Crippen LogP contribution in [0.2, 0.25) is 0 Å². The van der Waals surface area contributed by atoms with Gasteiger partial charge >= 0.3 is 6.09 Å². The van der Waals surface area contributed by atoms with Gasteiger partial charge in [-0.1, -0.05) is 30.3 Å². The van der Waals surface area contributed by atoms with E-state index >= 15 is 0 Å². The molecule has 0 unspecified atom stereocenters. The van der Waals surface area contributed by atoms with E-state index in [9.17, 15) is 9.59 Å². The minimum atomic E-state index is -0.680. The van der Waals surface area contributed by atoms with E-state index in [1.807, 2.05) is 68.7 Å². The van der Waals surface area contributed by atoms with E-state index in [1.54, 1.807) is 30.0 Å². The van der Waals surface area contributed by atoms with Crippen LogP contribution in [0.3, 0.4) is 0 Å². The van der Waals surface area contributed by atoms with Crippen LogP contribution in [0.4, 0.5) is 16.3 Å². The Morgan fingerprint density at radius 3 is 2.52 bits per heavy atom. The van der Waals surface area contributed by atoms with Crippen molar-refractivity contribution in [2.75, 3.05) is 23.9 Å². The molecule has 4 heterocycles. The molecule has 42 heavy (non-hydrogen) atoms. The Hall–Kier alpha value is -4.73. The predicted molar refractivity (Wildman–Crippen MR) is 162 cm³/mol. The maximum Gasteiger partial charge on any atom is 0.415 e. The van der Waals surface area contributed by atoms with E-state index in [1.165, 1.54) is 10.5 Å². The summed E-state index contributed by atoms with van der Waals surface area (Å²) < 4.78 is 9.17. The lowest BCUT2D eigenvalue weighted by atomic mass is 10.1. The van der Waals surface area contributed by atoms with Gasteiger partial charge in [0.25, 0.3) is 0 Å². The fraction of sp³-hybridized carbons (Fsp3) is 0.344. The average Bonchev–Trinajstić information content (AvgIpc) is 3.44. The number of nitrogens with zero attached hydrogens (tertiary/aromatic N) is 7. The van der Waals surface area contributed by atoms with Crippen LogP contribution in [-0.4, -0.2) is 55.6 Å². The van der Waals surface area contributed by atoms with Gasteiger partial charge in [0, 0.05) is 45.5 Å². The van der Waals surface area contributed by atoms with Crippen LogP contribution in [0.5, 0.6) is 0 Å². The van der Waals surface area contributed by atoms with E-state index in [2.05, 4.69) is 27.1 Å². The summed E-state index contributed by atoms with van der Waals surface area (Å²) in [6, 6.07) is 16.1. The quantitative estimate of drug-likeness (QED) is 0.212. The van der Waals surface area contributed by atoms with E-state index in [4.69, 9.17) is 9.72 Å². The van der Waals surface area contributed by atoms with Gasteiger partial charge in [-0.2, -0.15) is 9.61 Å². The molecular formula is C32H35N7O3. The van der Waals surface area contributed by atoms with Crippen LogP contribution in [0.1, 0.15) is 56.0 Å². The molecule has 0 N–H and O–H groups in total. The molecule has 10 nitrogen and oxygen atoms in total. The summed E-state index contributed by atoms with van der Waals surface area (Å²) in [7, 11) is 3.67. The summed E-state index contributed by atoms with van der Waals surface area (Å²) in [5.41, 5.74) is 4.44. The third-order valence-electron chi connectivity index (χ3n) is 7.40. The van der Waals surface area contributed by atoms with Gasteiger partial charge in [-0.15, -0.1) is 0 Å². The number of Topliss-reactive ketones (excluding diaryl/α,β-unsaturated/α-hetero) is 1. The molecule has 10 heteroatoms. The lowest BCUT2D eigenvalue weighted by molar-refractivity contribution is 0.0587. The van der Waals surface area contributed by atoms with Gasteiger partial charge in [-0.3, -0.25) is 14.1 Å². The van der Waals surface area contributed by atoms with Crippen LogP contribution < -0.4 is 9.80 Å². The number of ketones is 1. The molecule has 0 spiro atoms. The molecule has 0 saturated heterocycles. The Kier molecular flexibility index (Phi) is 6.92. The second kappa shape index (κ2) is 10.6. The van der Waals surface area contributed by atoms with Gasteiger partial charge in [-0.05, 0) is 57.2 Å². The molecule has 1 aromatic carbocycles. The zero-order valence-electron chi connectivity index (χ0n) is 24.6. The first-order valence-electron chi connectivity index (χ1n) is 14.2. The van der Waals surface area contributed by atoms with Crippen molar-refractivity contribution < 1.29 is 14.3 Å². The number of carbonyl (C=O) groups is 2. The second-order valence-corrected chi connectivity index (χ2v) is 12.0. The SMILES string of the molecule is CN(Cc1ccccc1)c1ccc(-c2cc(N(C)C(=O)OC(C)(C)C)n3ncc(C(=O)CC4CC4)c3n2)n2ccnc12. The second-order valence-electron chi connectivity index (χ2n) is 12.0. The third-order valence-corrected chi connectivity index (χ3v) is 7.40. The van der Waals surface area contributed by atoms with Gasteiger partial charge in [0.05, 0.1) is 28.8 Å². The van der Waals surface area contributed by atoms with Crippen molar-refractivity contribution in [2.45, 2.75) is 52.2 Å². The first kappa shape index (κ1) is 27.4. The number of anilines is 2. The minimum Gasteiger partial charge on any atom is -0.443 e. The number of ether oxygens (including phenoxy) is 1. The molecule has 4 aromatic heterocycles. The monoisotopic (exact) mass is 565 g/mol. The Morgan fingerprint density at radius 1 is 1.05 bits per heavy atom. The van der Waals surface area contributed by atoms with Crippen LogP contribution in [-0.2, 0) is 11.3 Å². The highest BCUT2D eigenvalue weighted by atomic mass is 16.6. The molecule has 6 rings (SSSR count). The fourth-order valence-corrected chi connectivity index (χ4v) is 5.08. The standard InChI is InChI=1S/C32H35N7O3/c1-32(2,3)42-31(41)37(5)28-18-24(35-29-23(19-34-39(28)29)27(40)17-21-11-12-21)25-13-14-26(30-33-15-16-38(25)30)36(4)20-22-9-7-6-8-10-22/h6-10,13-16,18-19,21H,11-12,17,20H2,1-5H3. The summed E-state index contributed by atoms with van der Waals surface area (Å²) in [4.78, 5) is 39.6. The maximum absolute atomic E-state index is 13.2. The highest BCUT2D eigenvalue weighted by Crippen LogP contribution is 2.35. The molecule has 1 fully saturated rings. The number of hydrogen-bond donors (Lipinski definition) is 0. The highest BCUT2D eigenvalue weighted by molar-refractivity contribution is 6.02. The molecule has 5 aromatic rings. The van der Waals surface area contributed by atoms with Crippen LogP contribution in [0.15, 0.2) is 67.1 Å². The van der Waals surface area contributed by atoms with Crippen molar-refractivity contribution in [1.29, 1.82) is 0 Å². The Labute approximate surface area is 244 Å². The van der Waals surface area contributed by atoms with Crippen molar-refractivity contribution in [3.63, 3.8) is 0 Å². The molecular weight excluding hydrogens is 530 g/mol. The first-order chi connectivity index (χ1) is 20.1. The Balaban J connectivity index is 1.46. The maximum atomic E-state index is 13.2. The summed E-state index contributed by atoms with van der Waals surface area (Å²) in [6.45, 7) is 6.18. The third kappa shape index (κ3) is 5.44. The van der Waals surface area contributed by atoms with E-state index in [0.29, 0.717) is 35.1 Å². The van der Waals surface area contributed by atoms with E-state index in [-0.39, 0.29) is 5.78 Å². The number of benzene rings is 1. The predicted octanol–water partition coefficient (Wildman–Crippen LogP) is 6.03. The van der Waals surface area contributed by atoms with Gasteiger partial charge < -0.3 is 9.64 Å². The van der Waals surface area contributed by atoms with Crippen LogP contribution in [0.25, 0.3) is 22.7 Å². The van der Waals surface area contributed by atoms with Crippen molar-refractivity contribution >= 4 is 34.7 Å². The highest BCUT2D eigenvalue weighted by Gasteiger charge is 2.29. The summed E-state index contributed by atoms with van der Waals surface area (Å²) in [5, 5.41) is 4.49. The lowest BCUT2D eigenvalue weighted by Crippen LogP contribution is -2.35. The number of amides is 1. The summed E-state index contributed by atoms with van der Waals surface area (Å²) >= 11 is 0. The van der Waals surface area contributed by atoms with E-state index < -0.39 is 11.7 Å². The molecule has 216 valence electrons. The lowest BCUT2D eigenvalue weighted by Gasteiger charge is -2.25. The van der Waals surface area contributed by atoms with Crippen LogP contribution >= 0.6 is 0 Å². The molecule has 1 saturated carbocycles. The molecule has 1 aliphatic rings. The van der Waals surface area contributed by atoms with Gasteiger partial charge in [0.15, 0.2) is 17.1 Å². The zero-order valence-corrected chi connectivity index (χ0v) is 24.6. The molecule has 0 bridgehead atoms. The molecule has 0 radical (unpaired) electrons. The normalized spacial score (nSPS) is 13.5. The number of hydrogen-bond acceptors (Lipinski definition) is 7. The van der Waals surface area contributed by atoms with E-state index in [0.717, 1.165) is 36.4 Å². The molecule has 0 aliphatic heterocycles. The largest absolute Gasteiger partial charge is 0.443 e. The fourth-order valence-electron chi connectivity index (χ4n) is 5.08.